The maximum atomic E-state index is 15.5. The Labute approximate surface area is 128 Å². The molecule has 1 nitrogen and oxygen atoms in total. The highest BCUT2D eigenvalue weighted by Crippen LogP contribution is 2.41. The van der Waals surface area contributed by atoms with Crippen LogP contribution < -0.4 is 0 Å². The van der Waals surface area contributed by atoms with E-state index >= 15 is 4.39 Å². The topological polar surface area (TPSA) is 9.23 Å². The van der Waals surface area contributed by atoms with E-state index in [1.807, 2.05) is 12.1 Å². The molecule has 0 fully saturated rings. The molecular weight excluding hydrogens is 282 g/mol. The van der Waals surface area contributed by atoms with Gasteiger partial charge in [-0.05, 0) is 35.4 Å². The third-order valence-corrected chi connectivity index (χ3v) is 3.81. The van der Waals surface area contributed by atoms with E-state index in [0.29, 0.717) is 22.4 Å². The number of alkyl halides is 1. The molecule has 1 atom stereocenters. The number of benzene rings is 2. The molecule has 0 aliphatic heterocycles. The van der Waals surface area contributed by atoms with Crippen LogP contribution in [0.25, 0.3) is 11.1 Å². The van der Waals surface area contributed by atoms with Gasteiger partial charge in [-0.3, -0.25) is 0 Å². The third-order valence-electron chi connectivity index (χ3n) is 3.81. The van der Waals surface area contributed by atoms with Gasteiger partial charge in [-0.1, -0.05) is 42.5 Å². The van der Waals surface area contributed by atoms with Gasteiger partial charge < -0.3 is 4.74 Å². The summed E-state index contributed by atoms with van der Waals surface area (Å²) < 4.78 is 34.1. The fourth-order valence-corrected chi connectivity index (χ4v) is 2.75. The lowest BCUT2D eigenvalue weighted by Gasteiger charge is -2.27. The van der Waals surface area contributed by atoms with Crippen molar-refractivity contribution in [3.8, 4) is 11.1 Å². The Bertz CT molecular complexity index is 749. The van der Waals surface area contributed by atoms with Crippen LogP contribution in [0.15, 0.2) is 72.5 Å². The van der Waals surface area contributed by atoms with Crippen molar-refractivity contribution in [2.24, 2.45) is 0 Å². The molecule has 0 radical (unpaired) electrons. The van der Waals surface area contributed by atoms with Gasteiger partial charge >= 0.3 is 0 Å². The molecule has 112 valence electrons. The maximum absolute atomic E-state index is 15.5. The molecule has 0 spiro atoms. The summed E-state index contributed by atoms with van der Waals surface area (Å²) in [4.78, 5) is 0. The smallest absolute Gasteiger partial charge is 0.162 e. The molecule has 0 bridgehead atoms. The second kappa shape index (κ2) is 5.76. The fraction of sp³-hybridized carbons (Fsp3) is 0.158. The average molecular weight is 298 g/mol. The van der Waals surface area contributed by atoms with Crippen LogP contribution in [-0.2, 0) is 10.4 Å². The van der Waals surface area contributed by atoms with E-state index in [1.54, 1.807) is 36.4 Å². The first-order valence-corrected chi connectivity index (χ1v) is 7.10. The van der Waals surface area contributed by atoms with Crippen molar-refractivity contribution in [2.75, 3.05) is 7.11 Å². The van der Waals surface area contributed by atoms with E-state index in [2.05, 4.69) is 0 Å². The van der Waals surface area contributed by atoms with E-state index in [0.717, 1.165) is 0 Å². The molecule has 0 amide bonds. The van der Waals surface area contributed by atoms with Gasteiger partial charge in [0.2, 0.25) is 0 Å². The summed E-state index contributed by atoms with van der Waals surface area (Å²) in [6, 6.07) is 13.4. The fourth-order valence-electron chi connectivity index (χ4n) is 2.75. The monoisotopic (exact) mass is 298 g/mol. The van der Waals surface area contributed by atoms with Crippen molar-refractivity contribution >= 4 is 0 Å². The van der Waals surface area contributed by atoms with Crippen molar-refractivity contribution in [3.63, 3.8) is 0 Å². The van der Waals surface area contributed by atoms with Gasteiger partial charge in [-0.2, -0.15) is 0 Å². The summed E-state index contributed by atoms with van der Waals surface area (Å²) in [5, 5.41) is 0. The minimum atomic E-state index is -1.66. The number of hydrogen-bond acceptors (Lipinski definition) is 1. The Balaban J connectivity index is 2.13. The molecule has 0 saturated carbocycles. The Hall–Kier alpha value is -2.42. The average Bonchev–Trinajstić information content (AvgIpc) is 2.55. The van der Waals surface area contributed by atoms with Crippen LogP contribution in [0.4, 0.5) is 8.78 Å². The van der Waals surface area contributed by atoms with Gasteiger partial charge in [0.15, 0.2) is 5.67 Å². The number of hydrogen-bond donors (Lipinski definition) is 0. The van der Waals surface area contributed by atoms with E-state index in [4.69, 9.17) is 4.74 Å². The standard InChI is InChI=1S/C19H16F2O/c1-22-16-8-5-11-19(21,13-16)18-10-3-2-9-17(18)14-6-4-7-15(20)12-14/h2-10,12-13H,11H2,1H3. The number of halogens is 2. The zero-order chi connectivity index (χ0) is 15.6. The van der Waals surface area contributed by atoms with Crippen LogP contribution in [0.1, 0.15) is 12.0 Å². The second-order valence-electron chi connectivity index (χ2n) is 5.28. The Kier molecular flexibility index (Phi) is 3.80. The van der Waals surface area contributed by atoms with Crippen LogP contribution in [0, 0.1) is 5.82 Å². The third kappa shape index (κ3) is 2.67. The van der Waals surface area contributed by atoms with Crippen molar-refractivity contribution in [3.05, 3.63) is 83.9 Å². The molecule has 0 heterocycles. The highest BCUT2D eigenvalue weighted by atomic mass is 19.1. The first kappa shape index (κ1) is 14.5. The zero-order valence-corrected chi connectivity index (χ0v) is 12.2. The minimum absolute atomic E-state index is 0.228. The first-order valence-electron chi connectivity index (χ1n) is 7.10. The Morgan fingerprint density at radius 2 is 1.91 bits per heavy atom. The lowest BCUT2D eigenvalue weighted by atomic mass is 9.84. The Morgan fingerprint density at radius 3 is 2.68 bits per heavy atom. The summed E-state index contributed by atoms with van der Waals surface area (Å²) in [7, 11) is 1.51. The van der Waals surface area contributed by atoms with Crippen molar-refractivity contribution in [1.29, 1.82) is 0 Å². The number of rotatable bonds is 3. The molecule has 2 aromatic rings. The van der Waals surface area contributed by atoms with Crippen LogP contribution in [0.3, 0.4) is 0 Å². The molecule has 1 aliphatic rings. The number of ether oxygens (including phenoxy) is 1. The molecule has 0 saturated heterocycles. The summed E-state index contributed by atoms with van der Waals surface area (Å²) in [6.45, 7) is 0. The van der Waals surface area contributed by atoms with E-state index < -0.39 is 5.67 Å². The SMILES string of the molecule is COC1=CC(F)(c2ccccc2-c2cccc(F)c2)CC=C1. The zero-order valence-electron chi connectivity index (χ0n) is 12.2. The summed E-state index contributed by atoms with van der Waals surface area (Å²) in [5.74, 6) is 0.152. The quantitative estimate of drug-likeness (QED) is 0.761. The van der Waals surface area contributed by atoms with Gasteiger partial charge in [-0.15, -0.1) is 0 Å². The van der Waals surface area contributed by atoms with E-state index in [-0.39, 0.29) is 12.2 Å². The first-order chi connectivity index (χ1) is 10.6. The second-order valence-corrected chi connectivity index (χ2v) is 5.28. The summed E-state index contributed by atoms with van der Waals surface area (Å²) >= 11 is 0. The molecular formula is C19H16F2O. The molecule has 2 aromatic carbocycles. The highest BCUT2D eigenvalue weighted by Gasteiger charge is 2.33. The van der Waals surface area contributed by atoms with Gasteiger partial charge in [-0.25, -0.2) is 8.78 Å². The molecule has 1 aliphatic carbocycles. The van der Waals surface area contributed by atoms with Crippen LogP contribution in [0.5, 0.6) is 0 Å². The predicted molar refractivity (Wildman–Crippen MR) is 83.5 cm³/mol. The van der Waals surface area contributed by atoms with E-state index in [9.17, 15) is 4.39 Å². The lowest BCUT2D eigenvalue weighted by Crippen LogP contribution is -2.20. The summed E-state index contributed by atoms with van der Waals surface area (Å²) in [5.41, 5.74) is 0.198. The van der Waals surface area contributed by atoms with Gasteiger partial charge in [0.05, 0.1) is 7.11 Å². The van der Waals surface area contributed by atoms with E-state index in [1.165, 1.54) is 25.3 Å². The number of allylic oxidation sites excluding steroid dienone is 3. The lowest BCUT2D eigenvalue weighted by molar-refractivity contribution is 0.215. The molecule has 3 heteroatoms. The van der Waals surface area contributed by atoms with Gasteiger partial charge in [0.25, 0.3) is 0 Å². The van der Waals surface area contributed by atoms with Crippen molar-refractivity contribution in [1.82, 2.24) is 0 Å². The minimum Gasteiger partial charge on any atom is -0.497 e. The molecule has 0 aromatic heterocycles. The summed E-state index contributed by atoms with van der Waals surface area (Å²) in [6.07, 6.45) is 5.21. The highest BCUT2D eigenvalue weighted by molar-refractivity contribution is 5.69. The van der Waals surface area contributed by atoms with Crippen molar-refractivity contribution < 1.29 is 13.5 Å². The predicted octanol–water partition coefficient (Wildman–Crippen LogP) is 5.15. The largest absolute Gasteiger partial charge is 0.497 e. The van der Waals surface area contributed by atoms with Gasteiger partial charge in [0, 0.05) is 12.0 Å². The number of methoxy groups -OCH3 is 1. The molecule has 3 rings (SSSR count). The van der Waals surface area contributed by atoms with Crippen LogP contribution >= 0.6 is 0 Å². The Morgan fingerprint density at radius 1 is 1.09 bits per heavy atom. The maximum Gasteiger partial charge on any atom is 0.162 e. The van der Waals surface area contributed by atoms with Crippen LogP contribution in [0.2, 0.25) is 0 Å². The van der Waals surface area contributed by atoms with Crippen LogP contribution in [-0.4, -0.2) is 7.11 Å². The normalized spacial score (nSPS) is 20.6. The van der Waals surface area contributed by atoms with Crippen molar-refractivity contribution in [2.45, 2.75) is 12.1 Å². The molecule has 1 unspecified atom stereocenters. The van der Waals surface area contributed by atoms with Gasteiger partial charge in [0.1, 0.15) is 11.6 Å². The molecule has 22 heavy (non-hydrogen) atoms. The molecule has 0 N–H and O–H groups in total.